The molecule has 0 aliphatic rings. The van der Waals surface area contributed by atoms with Crippen molar-refractivity contribution in [1.82, 2.24) is 0 Å². The molecule has 1 heterocycles. The molecule has 1 aromatic heterocycles. The second kappa shape index (κ2) is 11.3. The van der Waals surface area contributed by atoms with Crippen LogP contribution in [0.1, 0.15) is 38.9 Å². The monoisotopic (exact) mass is 467 g/mol. The second-order valence-corrected chi connectivity index (χ2v) is 9.13. The molecule has 0 saturated carbocycles. The number of hydrogen-bond acceptors (Lipinski definition) is 5. The molecule has 3 aromatic carbocycles. The Bertz CT molecular complexity index is 1260. The van der Waals surface area contributed by atoms with Crippen molar-refractivity contribution in [3.63, 3.8) is 0 Å². The Balaban J connectivity index is 0.00000149. The zero-order valence-corrected chi connectivity index (χ0v) is 20.3. The van der Waals surface area contributed by atoms with Gasteiger partial charge in [-0.15, -0.1) is 0 Å². The lowest BCUT2D eigenvalue weighted by Gasteiger charge is -2.25. The van der Waals surface area contributed by atoms with E-state index < -0.39 is 19.2 Å². The molecule has 6 nitrogen and oxygen atoms in total. The van der Waals surface area contributed by atoms with Crippen LogP contribution in [0.15, 0.2) is 77.4 Å². The number of nitrogens with one attached hydrogen (secondary N) is 1. The number of fused-ring (bicyclic) bond motifs is 2. The third kappa shape index (κ3) is 5.36. The molecule has 0 bridgehead atoms. The van der Waals surface area contributed by atoms with Gasteiger partial charge < -0.3 is 18.8 Å². The predicted molar refractivity (Wildman–Crippen MR) is 134 cm³/mol. The van der Waals surface area contributed by atoms with Crippen LogP contribution in [0.25, 0.3) is 21.7 Å². The molecule has 4 rings (SSSR count). The van der Waals surface area contributed by atoms with Gasteiger partial charge in [-0.2, -0.15) is 0 Å². The topological polar surface area (TPSA) is 77.8 Å². The molecule has 0 saturated heterocycles. The Kier molecular flexibility index (Phi) is 8.45. The Morgan fingerprint density at radius 1 is 0.939 bits per heavy atom. The van der Waals surface area contributed by atoms with Crippen LogP contribution in [0, 0.1) is 0 Å². The van der Waals surface area contributed by atoms with E-state index in [2.05, 4.69) is 5.32 Å². The summed E-state index contributed by atoms with van der Waals surface area (Å²) in [6.45, 7) is 7.73. The minimum atomic E-state index is -3.84. The van der Waals surface area contributed by atoms with E-state index in [1.807, 2.05) is 74.5 Å². The lowest BCUT2D eigenvalue weighted by Crippen LogP contribution is -2.23. The third-order valence-corrected chi connectivity index (χ3v) is 7.39. The van der Waals surface area contributed by atoms with Crippen molar-refractivity contribution in [2.45, 2.75) is 33.4 Å². The summed E-state index contributed by atoms with van der Waals surface area (Å²) < 4.78 is 30.5. The molecule has 1 amide bonds. The zero-order valence-electron chi connectivity index (χ0n) is 19.4. The molecular weight excluding hydrogens is 437 g/mol. The van der Waals surface area contributed by atoms with Gasteiger partial charge in [-0.1, -0.05) is 62.4 Å². The van der Waals surface area contributed by atoms with Crippen LogP contribution in [-0.4, -0.2) is 19.1 Å². The average Bonchev–Trinajstić information content (AvgIpc) is 3.24. The Morgan fingerprint density at radius 2 is 1.58 bits per heavy atom. The second-order valence-electron chi connectivity index (χ2n) is 7.02. The highest BCUT2D eigenvalue weighted by atomic mass is 31.2. The van der Waals surface area contributed by atoms with Gasteiger partial charge in [0, 0.05) is 16.6 Å². The first kappa shape index (κ1) is 24.7. The number of amides is 1. The van der Waals surface area contributed by atoms with Crippen LogP contribution in [0.4, 0.5) is 5.69 Å². The first-order chi connectivity index (χ1) is 16.1. The zero-order chi connectivity index (χ0) is 23.8. The van der Waals surface area contributed by atoms with Gasteiger partial charge in [0.1, 0.15) is 5.58 Å². The minimum absolute atomic E-state index is 0.146. The van der Waals surface area contributed by atoms with Gasteiger partial charge in [-0.3, -0.25) is 9.36 Å². The summed E-state index contributed by atoms with van der Waals surface area (Å²) in [5, 5.41) is 5.64. The Morgan fingerprint density at radius 3 is 2.27 bits per heavy atom. The number of anilines is 1. The van der Waals surface area contributed by atoms with Crippen LogP contribution in [-0.2, 0) is 18.4 Å². The fraction of sp³-hybridized carbons (Fsp3) is 0.269. The van der Waals surface area contributed by atoms with Gasteiger partial charge in [0.2, 0.25) is 5.91 Å². The first-order valence-electron chi connectivity index (χ1n) is 11.2. The normalized spacial score (nSPS) is 12.2. The van der Waals surface area contributed by atoms with Crippen molar-refractivity contribution in [1.29, 1.82) is 0 Å². The van der Waals surface area contributed by atoms with E-state index in [9.17, 15) is 9.36 Å². The van der Waals surface area contributed by atoms with E-state index in [1.54, 1.807) is 19.9 Å². The number of furan rings is 1. The molecule has 0 radical (unpaired) electrons. The number of carbonyl (C=O) groups excluding carboxylic acids is 1. The summed E-state index contributed by atoms with van der Waals surface area (Å²) in [7, 11) is -3.84. The highest BCUT2D eigenvalue weighted by Crippen LogP contribution is 2.62. The largest absolute Gasteiger partial charge is 0.464 e. The summed E-state index contributed by atoms with van der Waals surface area (Å²) in [6, 6.07) is 20.8. The lowest BCUT2D eigenvalue weighted by molar-refractivity contribution is -0.116. The fourth-order valence-corrected chi connectivity index (χ4v) is 5.67. The predicted octanol–water partition coefficient (Wildman–Crippen LogP) is 7.56. The van der Waals surface area contributed by atoms with Crippen molar-refractivity contribution in [3.05, 3.63) is 78.6 Å². The van der Waals surface area contributed by atoms with Crippen molar-refractivity contribution in [2.75, 3.05) is 18.5 Å². The average molecular weight is 468 g/mol. The number of para-hydroxylation sites is 1. The maximum atomic E-state index is 13.8. The number of carbonyl (C=O) groups is 1. The van der Waals surface area contributed by atoms with Gasteiger partial charge in [0.15, 0.2) is 5.66 Å². The van der Waals surface area contributed by atoms with Crippen molar-refractivity contribution in [2.24, 2.45) is 0 Å². The van der Waals surface area contributed by atoms with Gasteiger partial charge >= 0.3 is 7.60 Å². The minimum Gasteiger partial charge on any atom is -0.464 e. The number of benzene rings is 3. The summed E-state index contributed by atoms with van der Waals surface area (Å²) in [5.74, 6) is -0.480. The smallest absolute Gasteiger partial charge is 0.347 e. The maximum absolute atomic E-state index is 13.8. The van der Waals surface area contributed by atoms with Gasteiger partial charge in [-0.05, 0) is 42.8 Å². The maximum Gasteiger partial charge on any atom is 0.347 e. The van der Waals surface area contributed by atoms with E-state index in [1.165, 1.54) is 6.26 Å². The molecule has 4 aromatic rings. The quantitative estimate of drug-likeness (QED) is 0.271. The summed E-state index contributed by atoms with van der Waals surface area (Å²) >= 11 is 0. The van der Waals surface area contributed by atoms with Crippen molar-refractivity contribution >= 4 is 40.9 Å². The van der Waals surface area contributed by atoms with E-state index in [0.717, 1.165) is 10.8 Å². The number of hydrogen-bond donors (Lipinski definition) is 1. The molecule has 0 aliphatic heterocycles. The van der Waals surface area contributed by atoms with E-state index in [-0.39, 0.29) is 13.2 Å². The molecule has 1 unspecified atom stereocenters. The highest BCUT2D eigenvalue weighted by molar-refractivity contribution is 7.55. The Hall–Kier alpha value is -2.92. The Labute approximate surface area is 194 Å². The van der Waals surface area contributed by atoms with E-state index in [4.69, 9.17) is 13.5 Å². The molecular formula is C26H30NO5P. The van der Waals surface area contributed by atoms with Crippen molar-refractivity contribution < 1.29 is 22.8 Å². The van der Waals surface area contributed by atoms with Gasteiger partial charge in [0.25, 0.3) is 0 Å². The van der Waals surface area contributed by atoms with E-state index in [0.29, 0.717) is 22.2 Å². The molecule has 0 fully saturated rings. The fourth-order valence-electron chi connectivity index (χ4n) is 3.69. The third-order valence-electron chi connectivity index (χ3n) is 5.01. The van der Waals surface area contributed by atoms with Crippen LogP contribution in [0.3, 0.4) is 0 Å². The van der Waals surface area contributed by atoms with Gasteiger partial charge in [0.05, 0.1) is 19.5 Å². The molecule has 33 heavy (non-hydrogen) atoms. The van der Waals surface area contributed by atoms with Crippen LogP contribution in [0.2, 0.25) is 0 Å². The van der Waals surface area contributed by atoms with Crippen LogP contribution >= 0.6 is 7.60 Å². The number of rotatable bonds is 8. The standard InChI is InChI=1S/C24H24NO5P.C2H6/c1-3-29-31(27,30-4-2)23(21-16-28-22-12-8-7-11-20(21)22)24(26)25-19-14-13-17-9-5-6-10-18(17)15-19;1-2/h5-16,23H,3-4H2,1-2H3,(H,25,26);1-2H3. The molecule has 174 valence electrons. The summed E-state index contributed by atoms with van der Waals surface area (Å²) in [4.78, 5) is 13.5. The summed E-state index contributed by atoms with van der Waals surface area (Å²) in [6.07, 6.45) is 1.46. The molecule has 1 atom stereocenters. The molecule has 1 N–H and O–H groups in total. The van der Waals surface area contributed by atoms with Gasteiger partial charge in [-0.25, -0.2) is 0 Å². The molecule has 0 spiro atoms. The SMILES string of the molecule is CC.CCOP(=O)(OCC)C(C(=O)Nc1ccc2ccccc2c1)c1coc2ccccc12. The summed E-state index contributed by atoms with van der Waals surface area (Å²) in [5.41, 5.74) is 0.489. The highest BCUT2D eigenvalue weighted by Gasteiger charge is 2.44. The molecule has 0 aliphatic carbocycles. The van der Waals surface area contributed by atoms with Crippen molar-refractivity contribution in [3.8, 4) is 0 Å². The van der Waals surface area contributed by atoms with Crippen LogP contribution in [0.5, 0.6) is 0 Å². The van der Waals surface area contributed by atoms with Crippen LogP contribution < -0.4 is 5.32 Å². The first-order valence-corrected chi connectivity index (χ1v) is 12.8. The lowest BCUT2D eigenvalue weighted by atomic mass is 10.1. The van der Waals surface area contributed by atoms with E-state index >= 15 is 0 Å². The molecule has 7 heteroatoms.